The molecule has 1 fully saturated rings. The first-order valence-corrected chi connectivity index (χ1v) is 14.2. The van der Waals surface area contributed by atoms with Crippen LogP contribution < -0.4 is 9.46 Å². The lowest BCUT2D eigenvalue weighted by atomic mass is 9.86. The Bertz CT molecular complexity index is 1280. The van der Waals surface area contributed by atoms with Crippen molar-refractivity contribution in [2.75, 3.05) is 11.3 Å². The van der Waals surface area contributed by atoms with Gasteiger partial charge in [-0.2, -0.15) is 0 Å². The molecule has 2 aromatic rings. The molecule has 0 saturated heterocycles. The number of aliphatic carboxylic acids is 1. The van der Waals surface area contributed by atoms with Crippen LogP contribution in [0.4, 0.5) is 5.69 Å². The Hall–Kier alpha value is -2.58. The highest BCUT2D eigenvalue weighted by molar-refractivity contribution is 7.93. The van der Waals surface area contributed by atoms with E-state index in [1.807, 2.05) is 46.8 Å². The number of aryl methyl sites for hydroxylation is 2. The summed E-state index contributed by atoms with van der Waals surface area (Å²) in [7, 11) is -3.58. The molecule has 2 aromatic carbocycles. The molecule has 0 aromatic heterocycles. The van der Waals surface area contributed by atoms with Crippen molar-refractivity contribution >= 4 is 21.7 Å². The Labute approximate surface area is 214 Å². The topological polar surface area (TPSA) is 102 Å². The van der Waals surface area contributed by atoms with E-state index in [0.717, 1.165) is 47.3 Å². The van der Waals surface area contributed by atoms with Crippen LogP contribution in [0.25, 0.3) is 11.1 Å². The summed E-state index contributed by atoms with van der Waals surface area (Å²) in [6.45, 7) is 11.8. The maximum absolute atomic E-state index is 13.1. The number of anilines is 1. The predicted octanol–water partition coefficient (Wildman–Crippen LogP) is 5.78. The first-order valence-electron chi connectivity index (χ1n) is 12.6. The van der Waals surface area contributed by atoms with E-state index in [-0.39, 0.29) is 5.92 Å². The maximum Gasteiger partial charge on any atom is 0.337 e. The molecular weight excluding hydrogens is 478 g/mol. The fourth-order valence-corrected chi connectivity index (χ4v) is 6.99. The van der Waals surface area contributed by atoms with E-state index in [1.54, 1.807) is 13.0 Å². The van der Waals surface area contributed by atoms with Gasteiger partial charge in [0, 0.05) is 5.56 Å². The number of sulfonamides is 1. The smallest absolute Gasteiger partial charge is 0.337 e. The fourth-order valence-electron chi connectivity index (χ4n) is 5.12. The van der Waals surface area contributed by atoms with Crippen LogP contribution in [0.15, 0.2) is 24.3 Å². The summed E-state index contributed by atoms with van der Waals surface area (Å²) in [4.78, 5) is 12.6. The minimum atomic E-state index is -3.58. The summed E-state index contributed by atoms with van der Waals surface area (Å²) < 4.78 is 40.8. The average Bonchev–Trinajstić information content (AvgIpc) is 3.60. The van der Waals surface area contributed by atoms with Crippen molar-refractivity contribution in [2.24, 2.45) is 5.92 Å². The Balaban J connectivity index is 1.89. The summed E-state index contributed by atoms with van der Waals surface area (Å²) in [6, 6.07) is 7.72. The third-order valence-electron chi connectivity index (χ3n) is 7.02. The van der Waals surface area contributed by atoms with Gasteiger partial charge < -0.3 is 14.6 Å². The third-order valence-corrected chi connectivity index (χ3v) is 8.90. The van der Waals surface area contributed by atoms with Gasteiger partial charge in [-0.3, -0.25) is 4.72 Å². The molecule has 196 valence electrons. The zero-order valence-electron chi connectivity index (χ0n) is 22.0. The van der Waals surface area contributed by atoms with Gasteiger partial charge in [0.25, 0.3) is 0 Å². The quantitative estimate of drug-likeness (QED) is 0.462. The van der Waals surface area contributed by atoms with Crippen LogP contribution in [0, 0.1) is 19.8 Å². The Morgan fingerprint density at radius 1 is 1.25 bits per heavy atom. The second-order valence-corrected chi connectivity index (χ2v) is 12.9. The first kappa shape index (κ1) is 26.5. The highest BCUT2D eigenvalue weighted by Crippen LogP contribution is 2.44. The van der Waals surface area contributed by atoms with Crippen molar-refractivity contribution in [3.63, 3.8) is 0 Å². The minimum Gasteiger partial charge on any atom is -0.493 e. The highest BCUT2D eigenvalue weighted by atomic mass is 32.2. The molecule has 0 radical (unpaired) electrons. The molecule has 2 aliphatic rings. The second kappa shape index (κ2) is 9.71. The maximum atomic E-state index is 13.1. The van der Waals surface area contributed by atoms with Crippen molar-refractivity contribution in [2.45, 2.75) is 84.2 Å². The molecule has 0 spiro atoms. The standard InChI is InChI=1S/C28H37NO6S/c1-7-18-15-23(18)36(32,33)29-21-13-16(2)24(20-10-11-22-19(14-20)9-8-12-34-22)25(17(21)3)26(27(30)31)35-28(4,5)6/h10-11,13-14,18,23,26,29H,7-9,12,15H2,1-6H3,(H,30,31). The van der Waals surface area contributed by atoms with Gasteiger partial charge in [-0.1, -0.05) is 19.4 Å². The summed E-state index contributed by atoms with van der Waals surface area (Å²) in [5.74, 6) is -0.111. The molecule has 3 atom stereocenters. The predicted molar refractivity (Wildman–Crippen MR) is 141 cm³/mol. The molecule has 0 bridgehead atoms. The van der Waals surface area contributed by atoms with Gasteiger partial charge in [0.2, 0.25) is 10.0 Å². The van der Waals surface area contributed by atoms with Crippen molar-refractivity contribution in [1.82, 2.24) is 0 Å². The fraction of sp³-hybridized carbons (Fsp3) is 0.536. The summed E-state index contributed by atoms with van der Waals surface area (Å²) >= 11 is 0. The molecule has 0 amide bonds. The molecular formula is C28H37NO6S. The number of ether oxygens (including phenoxy) is 2. The molecule has 1 aliphatic carbocycles. The molecule has 1 aliphatic heterocycles. The zero-order valence-corrected chi connectivity index (χ0v) is 22.8. The monoisotopic (exact) mass is 515 g/mol. The second-order valence-electron chi connectivity index (χ2n) is 11.0. The van der Waals surface area contributed by atoms with E-state index in [9.17, 15) is 18.3 Å². The molecule has 36 heavy (non-hydrogen) atoms. The molecule has 2 N–H and O–H groups in total. The van der Waals surface area contributed by atoms with Gasteiger partial charge in [-0.05, 0) is 106 Å². The van der Waals surface area contributed by atoms with Gasteiger partial charge in [0.1, 0.15) is 5.75 Å². The lowest BCUT2D eigenvalue weighted by molar-refractivity contribution is -0.160. The SMILES string of the molecule is CCC1CC1S(=O)(=O)Nc1cc(C)c(-c2ccc3c(c2)CCCO3)c(C(OC(C)(C)C)C(=O)O)c1C. The van der Waals surface area contributed by atoms with Crippen molar-refractivity contribution in [3.05, 3.63) is 46.5 Å². The summed E-state index contributed by atoms with van der Waals surface area (Å²) in [5, 5.41) is 9.86. The van der Waals surface area contributed by atoms with E-state index in [2.05, 4.69) is 10.8 Å². The normalized spacial score (nSPS) is 20.3. The number of carbonyl (C=O) groups is 1. The zero-order chi connectivity index (χ0) is 26.4. The van der Waals surface area contributed by atoms with E-state index >= 15 is 0 Å². The highest BCUT2D eigenvalue weighted by Gasteiger charge is 2.46. The number of fused-ring (bicyclic) bond motifs is 1. The van der Waals surface area contributed by atoms with E-state index in [1.165, 1.54) is 0 Å². The molecule has 4 rings (SSSR count). The van der Waals surface area contributed by atoms with Gasteiger partial charge in [0.05, 0.1) is 23.1 Å². The van der Waals surface area contributed by atoms with Crippen molar-refractivity contribution in [3.8, 4) is 16.9 Å². The van der Waals surface area contributed by atoms with Crippen molar-refractivity contribution in [1.29, 1.82) is 0 Å². The van der Waals surface area contributed by atoms with E-state index < -0.39 is 32.9 Å². The molecule has 1 heterocycles. The summed E-state index contributed by atoms with van der Waals surface area (Å²) in [6.07, 6.45) is 2.00. The summed E-state index contributed by atoms with van der Waals surface area (Å²) in [5.41, 5.74) is 4.15. The third kappa shape index (κ3) is 5.39. The molecule has 8 heteroatoms. The minimum absolute atomic E-state index is 0.163. The molecule has 7 nitrogen and oxygen atoms in total. The van der Waals surface area contributed by atoms with Crippen LogP contribution in [0.3, 0.4) is 0 Å². The van der Waals surface area contributed by atoms with Crippen molar-refractivity contribution < 1.29 is 27.8 Å². The first-order chi connectivity index (χ1) is 16.8. The Morgan fingerprint density at radius 2 is 1.97 bits per heavy atom. The number of benzene rings is 2. The van der Waals surface area contributed by atoms with E-state index in [4.69, 9.17) is 9.47 Å². The van der Waals surface area contributed by atoms with Gasteiger partial charge in [-0.25, -0.2) is 13.2 Å². The van der Waals surface area contributed by atoms with Crippen LogP contribution in [-0.4, -0.2) is 37.0 Å². The number of hydrogen-bond donors (Lipinski definition) is 2. The number of carboxylic acids is 1. The van der Waals surface area contributed by atoms with Crippen LogP contribution in [0.1, 0.15) is 75.3 Å². The average molecular weight is 516 g/mol. The lowest BCUT2D eigenvalue weighted by Crippen LogP contribution is -2.29. The number of nitrogens with one attached hydrogen (secondary N) is 1. The molecule has 1 saturated carbocycles. The Morgan fingerprint density at radius 3 is 2.58 bits per heavy atom. The largest absolute Gasteiger partial charge is 0.493 e. The van der Waals surface area contributed by atoms with E-state index in [0.29, 0.717) is 29.8 Å². The van der Waals surface area contributed by atoms with Crippen LogP contribution in [0.5, 0.6) is 5.75 Å². The van der Waals surface area contributed by atoms with Crippen LogP contribution >= 0.6 is 0 Å². The Kier molecular flexibility index (Phi) is 7.14. The van der Waals surface area contributed by atoms with Crippen LogP contribution in [0.2, 0.25) is 0 Å². The number of carboxylic acid groups (broad SMARTS) is 1. The van der Waals surface area contributed by atoms with Gasteiger partial charge in [-0.15, -0.1) is 0 Å². The lowest BCUT2D eigenvalue weighted by Gasteiger charge is -2.30. The van der Waals surface area contributed by atoms with Gasteiger partial charge >= 0.3 is 5.97 Å². The van der Waals surface area contributed by atoms with Gasteiger partial charge in [0.15, 0.2) is 6.10 Å². The molecule has 3 unspecified atom stereocenters. The van der Waals surface area contributed by atoms with Crippen LogP contribution in [-0.2, 0) is 26.0 Å². The number of rotatable bonds is 8. The number of hydrogen-bond acceptors (Lipinski definition) is 5.